The van der Waals surface area contributed by atoms with E-state index in [0.29, 0.717) is 35.1 Å². The van der Waals surface area contributed by atoms with Gasteiger partial charge in [-0.3, -0.25) is 4.79 Å². The highest BCUT2D eigenvalue weighted by atomic mass is 35.5. The average molecular weight is 423 g/mol. The lowest BCUT2D eigenvalue weighted by Gasteiger charge is -2.24. The first-order chi connectivity index (χ1) is 12.9. The van der Waals surface area contributed by atoms with Gasteiger partial charge in [-0.1, -0.05) is 29.8 Å². The van der Waals surface area contributed by atoms with E-state index >= 15 is 0 Å². The van der Waals surface area contributed by atoms with Crippen molar-refractivity contribution in [1.82, 2.24) is 4.31 Å². The van der Waals surface area contributed by atoms with Crippen molar-refractivity contribution in [2.45, 2.75) is 17.4 Å². The number of amides is 1. The zero-order valence-corrected chi connectivity index (χ0v) is 16.6. The maximum Gasteiger partial charge on any atom is 0.245 e. The summed E-state index contributed by atoms with van der Waals surface area (Å²) in [7, 11) is -2.49. The van der Waals surface area contributed by atoms with Gasteiger partial charge in [0.05, 0.1) is 22.1 Å². The summed E-state index contributed by atoms with van der Waals surface area (Å²) in [5.74, 6) is -0.294. The molecule has 1 fully saturated rings. The summed E-state index contributed by atoms with van der Waals surface area (Å²) in [4.78, 5) is 14.5. The van der Waals surface area contributed by atoms with Gasteiger partial charge >= 0.3 is 0 Å². The van der Waals surface area contributed by atoms with E-state index in [1.165, 1.54) is 18.0 Å². The minimum absolute atomic E-state index is 0.0558. The average Bonchev–Trinajstić information content (AvgIpc) is 3.27. The molecule has 0 radical (unpaired) electrons. The molecule has 1 atom stereocenters. The number of likely N-dealkylation sites (N-methyl/N-ethyl adjacent to an activating group) is 1. The molecule has 1 saturated heterocycles. The van der Waals surface area contributed by atoms with Gasteiger partial charge in [0.1, 0.15) is 22.3 Å². The first kappa shape index (κ1) is 18.3. The minimum atomic E-state index is -3.91. The number of hydrogen-bond donors (Lipinski definition) is 0. The summed E-state index contributed by atoms with van der Waals surface area (Å²) >= 11 is 7.15. The van der Waals surface area contributed by atoms with Gasteiger partial charge in [-0.2, -0.15) is 13.0 Å². The Labute approximate surface area is 165 Å². The Bertz CT molecular complexity index is 1110. The summed E-state index contributed by atoms with van der Waals surface area (Å²) in [5, 5.41) is 0.454. The van der Waals surface area contributed by atoms with Crippen molar-refractivity contribution < 1.29 is 13.2 Å². The summed E-state index contributed by atoms with van der Waals surface area (Å²) < 4.78 is 35.6. The fourth-order valence-electron chi connectivity index (χ4n) is 3.22. The van der Waals surface area contributed by atoms with Gasteiger partial charge in [-0.15, -0.1) is 0 Å². The fraction of sp³-hybridized carbons (Fsp3) is 0.235. The number of nitrogens with zero attached hydrogens (tertiary/aromatic N) is 4. The van der Waals surface area contributed by atoms with E-state index in [4.69, 9.17) is 11.6 Å². The zero-order chi connectivity index (χ0) is 19.2. The lowest BCUT2D eigenvalue weighted by Crippen LogP contribution is -2.43. The maximum absolute atomic E-state index is 13.2. The van der Waals surface area contributed by atoms with E-state index in [1.807, 2.05) is 0 Å². The molecule has 0 N–H and O–H groups in total. The molecule has 0 spiro atoms. The standard InChI is InChI=1S/C17H15ClN4O3S2/c1-21(27(24,25)15-8-4-6-12-16(15)20-26-19-12)14-9-10-22(17(14)23)13-7-3-2-5-11(13)18/h2-8,14H,9-10H2,1H3. The van der Waals surface area contributed by atoms with Crippen LogP contribution in [-0.4, -0.2) is 38.3 Å². The Morgan fingerprint density at radius 1 is 1.19 bits per heavy atom. The van der Waals surface area contributed by atoms with Crippen LogP contribution in [0.5, 0.6) is 0 Å². The predicted octanol–water partition coefficient (Wildman–Crippen LogP) is 3.49. The number of hydrogen-bond acceptors (Lipinski definition) is 5. The van der Waals surface area contributed by atoms with E-state index in [-0.39, 0.29) is 10.8 Å². The molecule has 2 heterocycles. The van der Waals surface area contributed by atoms with Crippen molar-refractivity contribution in [3.05, 3.63) is 47.5 Å². The van der Waals surface area contributed by atoms with Gasteiger partial charge in [-0.05, 0) is 30.7 Å². The molecule has 0 bridgehead atoms. The van der Waals surface area contributed by atoms with Crippen molar-refractivity contribution >= 4 is 55.9 Å². The number of halogens is 1. The molecule has 2 aromatic rings. The summed E-state index contributed by atoms with van der Waals surface area (Å²) in [6.45, 7) is 0.398. The fourth-order valence-corrected chi connectivity index (χ4v) is 5.56. The number of anilines is 1. The van der Waals surface area contributed by atoms with Crippen LogP contribution in [0.1, 0.15) is 6.42 Å². The van der Waals surface area contributed by atoms with E-state index in [9.17, 15) is 13.2 Å². The lowest BCUT2D eigenvalue weighted by molar-refractivity contribution is -0.120. The predicted molar refractivity (Wildman–Crippen MR) is 105 cm³/mol. The highest BCUT2D eigenvalue weighted by molar-refractivity contribution is 7.89. The van der Waals surface area contributed by atoms with Crippen molar-refractivity contribution in [3.63, 3.8) is 0 Å². The van der Waals surface area contributed by atoms with Gasteiger partial charge < -0.3 is 4.90 Å². The molecular weight excluding hydrogens is 408 g/mol. The van der Waals surface area contributed by atoms with Gasteiger partial charge in [0.2, 0.25) is 15.9 Å². The van der Waals surface area contributed by atoms with E-state index < -0.39 is 16.1 Å². The Hall–Kier alpha value is -2.07. The molecule has 0 aliphatic carbocycles. The van der Waals surface area contributed by atoms with Gasteiger partial charge in [0.25, 0.3) is 0 Å². The van der Waals surface area contributed by atoms with Crippen molar-refractivity contribution in [2.24, 2.45) is 8.73 Å². The molecule has 2 aliphatic heterocycles. The third-order valence-corrected chi connectivity index (χ3v) is 7.43. The molecule has 0 aromatic heterocycles. The molecule has 7 nitrogen and oxygen atoms in total. The lowest BCUT2D eigenvalue weighted by atomic mass is 10.2. The smallest absolute Gasteiger partial charge is 0.245 e. The molecular formula is C17H15ClN4O3S2. The van der Waals surface area contributed by atoms with Gasteiger partial charge in [0.15, 0.2) is 0 Å². The molecule has 0 saturated carbocycles. The second kappa shape index (κ2) is 6.83. The number of carbonyl (C=O) groups is 1. The van der Waals surface area contributed by atoms with Crippen LogP contribution in [0.15, 0.2) is 56.1 Å². The minimum Gasteiger partial charge on any atom is -0.309 e. The third kappa shape index (κ3) is 3.00. The van der Waals surface area contributed by atoms with Gasteiger partial charge in [-0.25, -0.2) is 8.42 Å². The highest BCUT2D eigenvalue weighted by Crippen LogP contribution is 2.39. The number of fused-ring (bicyclic) bond motifs is 1. The first-order valence-electron chi connectivity index (χ1n) is 8.16. The topological polar surface area (TPSA) is 82.4 Å². The van der Waals surface area contributed by atoms with E-state index in [1.54, 1.807) is 36.4 Å². The second-order valence-corrected chi connectivity index (χ2v) is 9.06. The maximum atomic E-state index is 13.2. The summed E-state index contributed by atoms with van der Waals surface area (Å²) in [6, 6.07) is 11.0. The van der Waals surface area contributed by atoms with Crippen LogP contribution >= 0.6 is 11.6 Å². The monoisotopic (exact) mass is 422 g/mol. The van der Waals surface area contributed by atoms with Crippen molar-refractivity contribution in [2.75, 3.05) is 18.5 Å². The quantitative estimate of drug-likeness (QED) is 0.645. The SMILES string of the molecule is CN(C1CCN(c2ccccc2Cl)C1=O)S(=O)(=O)c1cccc2c1N=S=N2. The Morgan fingerprint density at radius 2 is 1.96 bits per heavy atom. The highest BCUT2D eigenvalue weighted by Gasteiger charge is 2.41. The third-order valence-electron chi connectivity index (χ3n) is 4.67. The molecule has 10 heteroatoms. The molecule has 2 aromatic carbocycles. The zero-order valence-electron chi connectivity index (χ0n) is 14.2. The Kier molecular flexibility index (Phi) is 4.63. The molecule has 27 heavy (non-hydrogen) atoms. The van der Waals surface area contributed by atoms with Crippen molar-refractivity contribution in [1.29, 1.82) is 0 Å². The second-order valence-electron chi connectivity index (χ2n) is 6.16. The van der Waals surface area contributed by atoms with Gasteiger partial charge in [0, 0.05) is 13.6 Å². The van der Waals surface area contributed by atoms with E-state index in [2.05, 4.69) is 8.73 Å². The summed E-state index contributed by atoms with van der Waals surface area (Å²) in [6.07, 6.45) is 0.380. The molecule has 2 aliphatic rings. The van der Waals surface area contributed by atoms with Crippen LogP contribution in [0.2, 0.25) is 5.02 Å². The van der Waals surface area contributed by atoms with Crippen molar-refractivity contribution in [3.8, 4) is 0 Å². The van der Waals surface area contributed by atoms with Crippen LogP contribution in [0.4, 0.5) is 17.1 Å². The molecule has 140 valence electrons. The van der Waals surface area contributed by atoms with Crippen LogP contribution in [0, 0.1) is 0 Å². The van der Waals surface area contributed by atoms with E-state index in [0.717, 1.165) is 15.7 Å². The number of carbonyl (C=O) groups excluding carboxylic acids is 1. The van der Waals surface area contributed by atoms with Crippen LogP contribution in [0.25, 0.3) is 0 Å². The molecule has 1 amide bonds. The molecule has 4 rings (SSSR count). The van der Waals surface area contributed by atoms with Crippen LogP contribution < -0.4 is 4.90 Å². The largest absolute Gasteiger partial charge is 0.309 e. The molecule has 1 unspecified atom stereocenters. The van der Waals surface area contributed by atoms with Crippen LogP contribution in [-0.2, 0) is 26.2 Å². The number of para-hydroxylation sites is 1. The number of rotatable bonds is 4. The Balaban J connectivity index is 1.65. The summed E-state index contributed by atoms with van der Waals surface area (Å²) in [5.41, 5.74) is 1.43. The number of sulfonamides is 1. The number of benzene rings is 2. The van der Waals surface area contributed by atoms with Crippen LogP contribution in [0.3, 0.4) is 0 Å². The Morgan fingerprint density at radius 3 is 2.74 bits per heavy atom. The first-order valence-corrected chi connectivity index (χ1v) is 10.7. The normalized spacial score (nSPS) is 18.9.